The first-order valence-electron chi connectivity index (χ1n) is 10.3. The number of carbonyl (C=O) groups is 1. The van der Waals surface area contributed by atoms with Crippen molar-refractivity contribution >= 4 is 17.3 Å². The molecule has 32 heavy (non-hydrogen) atoms. The standard InChI is InChI=1S/C26H23N3O3/c1-31-22-14-21-24(26(32-2)20(22)12-11-17-7-4-3-5-8-17)25(28-16-23(30)29-21)19-10-6-9-18(13-19)15-27/h3-10,13-14H,11-12,16H2,1-2H3,(H,29,30). The monoisotopic (exact) mass is 425 g/mol. The summed E-state index contributed by atoms with van der Waals surface area (Å²) in [5.41, 5.74) is 5.25. The van der Waals surface area contributed by atoms with E-state index in [-0.39, 0.29) is 12.5 Å². The van der Waals surface area contributed by atoms with Gasteiger partial charge in [-0.1, -0.05) is 42.5 Å². The van der Waals surface area contributed by atoms with Crippen molar-refractivity contribution in [3.8, 4) is 17.6 Å². The number of nitrogens with zero attached hydrogens (tertiary/aromatic N) is 2. The van der Waals surface area contributed by atoms with Crippen molar-refractivity contribution in [3.63, 3.8) is 0 Å². The highest BCUT2D eigenvalue weighted by Gasteiger charge is 2.27. The summed E-state index contributed by atoms with van der Waals surface area (Å²) in [6.07, 6.45) is 1.48. The zero-order valence-corrected chi connectivity index (χ0v) is 18.0. The SMILES string of the molecule is COc1cc2c(c(OC)c1CCc1ccccc1)C(c1cccc(C#N)c1)=NCC(=O)N2. The van der Waals surface area contributed by atoms with E-state index in [0.29, 0.717) is 40.4 Å². The van der Waals surface area contributed by atoms with E-state index in [4.69, 9.17) is 9.47 Å². The second kappa shape index (κ2) is 9.36. The van der Waals surface area contributed by atoms with E-state index in [2.05, 4.69) is 28.5 Å². The maximum Gasteiger partial charge on any atom is 0.246 e. The average molecular weight is 425 g/mol. The van der Waals surface area contributed by atoms with Gasteiger partial charge >= 0.3 is 0 Å². The van der Waals surface area contributed by atoms with Crippen LogP contribution in [0, 0.1) is 11.3 Å². The Morgan fingerprint density at radius 2 is 1.84 bits per heavy atom. The summed E-state index contributed by atoms with van der Waals surface area (Å²) in [6.45, 7) is -0.0222. The summed E-state index contributed by atoms with van der Waals surface area (Å²) in [7, 11) is 3.22. The first-order chi connectivity index (χ1) is 15.6. The third-order valence-electron chi connectivity index (χ3n) is 5.43. The lowest BCUT2D eigenvalue weighted by Crippen LogP contribution is -2.14. The Kier molecular flexibility index (Phi) is 6.18. The van der Waals surface area contributed by atoms with Gasteiger partial charge in [-0.2, -0.15) is 5.26 Å². The summed E-state index contributed by atoms with van der Waals surface area (Å²) in [5.74, 6) is 1.03. The van der Waals surface area contributed by atoms with Gasteiger partial charge in [0.1, 0.15) is 18.0 Å². The van der Waals surface area contributed by atoms with Crippen molar-refractivity contribution in [2.24, 2.45) is 4.99 Å². The molecule has 6 heteroatoms. The lowest BCUT2D eigenvalue weighted by Gasteiger charge is -2.21. The average Bonchev–Trinajstić information content (AvgIpc) is 3.00. The molecule has 1 aliphatic rings. The largest absolute Gasteiger partial charge is 0.496 e. The summed E-state index contributed by atoms with van der Waals surface area (Å²) in [4.78, 5) is 17.0. The number of anilines is 1. The molecule has 3 aromatic carbocycles. The maximum absolute atomic E-state index is 12.4. The van der Waals surface area contributed by atoms with E-state index in [1.165, 1.54) is 5.56 Å². The summed E-state index contributed by atoms with van der Waals surface area (Å²) in [5, 5.41) is 12.3. The van der Waals surface area contributed by atoms with Crippen LogP contribution in [-0.2, 0) is 17.6 Å². The van der Waals surface area contributed by atoms with Gasteiger partial charge in [0.25, 0.3) is 0 Å². The molecule has 160 valence electrons. The molecule has 0 atom stereocenters. The van der Waals surface area contributed by atoms with E-state index in [1.807, 2.05) is 36.4 Å². The zero-order valence-electron chi connectivity index (χ0n) is 18.0. The van der Waals surface area contributed by atoms with Crippen molar-refractivity contribution in [1.29, 1.82) is 5.26 Å². The molecule has 0 unspecified atom stereocenters. The van der Waals surface area contributed by atoms with E-state index in [9.17, 15) is 10.1 Å². The Labute approximate surface area is 187 Å². The number of aliphatic imine (C=N–C) groups is 1. The summed E-state index contributed by atoms with van der Waals surface area (Å²) < 4.78 is 11.6. The van der Waals surface area contributed by atoms with Crippen LogP contribution in [-0.4, -0.2) is 32.4 Å². The number of ether oxygens (including phenoxy) is 2. The molecule has 0 bridgehead atoms. The molecule has 4 rings (SSSR count). The van der Waals surface area contributed by atoms with Crippen molar-refractivity contribution in [1.82, 2.24) is 0 Å². The number of fused-ring (bicyclic) bond motifs is 1. The van der Waals surface area contributed by atoms with Crippen LogP contribution in [0.4, 0.5) is 5.69 Å². The molecule has 0 saturated heterocycles. The Morgan fingerprint density at radius 3 is 2.56 bits per heavy atom. The highest BCUT2D eigenvalue weighted by molar-refractivity contribution is 6.21. The number of nitrogens with one attached hydrogen (secondary N) is 1. The second-order valence-electron chi connectivity index (χ2n) is 7.40. The molecule has 1 aliphatic heterocycles. The van der Waals surface area contributed by atoms with Crippen LogP contribution < -0.4 is 14.8 Å². The predicted octanol–water partition coefficient (Wildman–Crippen LogP) is 4.15. The van der Waals surface area contributed by atoms with Crippen molar-refractivity contribution in [3.05, 3.63) is 88.5 Å². The molecule has 0 saturated carbocycles. The minimum atomic E-state index is -0.223. The van der Waals surface area contributed by atoms with Crippen LogP contribution in [0.3, 0.4) is 0 Å². The van der Waals surface area contributed by atoms with Gasteiger partial charge in [-0.3, -0.25) is 9.79 Å². The fraction of sp³-hybridized carbons (Fsp3) is 0.192. The molecule has 0 spiro atoms. The van der Waals surface area contributed by atoms with Gasteiger partial charge in [-0.25, -0.2) is 0 Å². The van der Waals surface area contributed by atoms with Gasteiger partial charge in [0, 0.05) is 17.2 Å². The highest BCUT2D eigenvalue weighted by Crippen LogP contribution is 2.41. The summed E-state index contributed by atoms with van der Waals surface area (Å²) >= 11 is 0. The minimum absolute atomic E-state index is 0.0222. The first kappa shape index (κ1) is 21.1. The molecule has 0 aromatic heterocycles. The molecular formula is C26H23N3O3. The Bertz CT molecular complexity index is 1230. The van der Waals surface area contributed by atoms with Crippen LogP contribution in [0.1, 0.15) is 27.8 Å². The summed E-state index contributed by atoms with van der Waals surface area (Å²) in [6, 6.07) is 21.4. The molecular weight excluding hydrogens is 402 g/mol. The topological polar surface area (TPSA) is 83.7 Å². The van der Waals surface area contributed by atoms with Gasteiger partial charge < -0.3 is 14.8 Å². The zero-order chi connectivity index (χ0) is 22.5. The second-order valence-corrected chi connectivity index (χ2v) is 7.40. The van der Waals surface area contributed by atoms with Gasteiger partial charge in [0.05, 0.1) is 42.8 Å². The fourth-order valence-corrected chi connectivity index (χ4v) is 3.96. The van der Waals surface area contributed by atoms with E-state index < -0.39 is 0 Å². The number of benzodiazepines with no additional fused rings is 1. The van der Waals surface area contributed by atoms with Crippen LogP contribution in [0.2, 0.25) is 0 Å². The molecule has 1 heterocycles. The third kappa shape index (κ3) is 4.19. The number of nitriles is 1. The van der Waals surface area contributed by atoms with Gasteiger partial charge in [-0.05, 0) is 30.5 Å². The van der Waals surface area contributed by atoms with Gasteiger partial charge in [-0.15, -0.1) is 0 Å². The van der Waals surface area contributed by atoms with Crippen molar-refractivity contribution in [2.75, 3.05) is 26.1 Å². The van der Waals surface area contributed by atoms with Crippen LogP contribution in [0.25, 0.3) is 0 Å². The molecule has 0 aliphatic carbocycles. The Morgan fingerprint density at radius 1 is 1.03 bits per heavy atom. The number of benzene rings is 3. The number of hydrogen-bond donors (Lipinski definition) is 1. The molecule has 0 radical (unpaired) electrons. The number of aryl methyl sites for hydroxylation is 1. The lowest BCUT2D eigenvalue weighted by molar-refractivity contribution is -0.114. The fourth-order valence-electron chi connectivity index (χ4n) is 3.96. The normalized spacial score (nSPS) is 12.7. The lowest BCUT2D eigenvalue weighted by atomic mass is 9.93. The molecule has 1 amide bonds. The maximum atomic E-state index is 12.4. The van der Waals surface area contributed by atoms with Crippen LogP contribution >= 0.6 is 0 Å². The third-order valence-corrected chi connectivity index (χ3v) is 5.43. The Balaban J connectivity index is 1.88. The van der Waals surface area contributed by atoms with Crippen LogP contribution in [0.5, 0.6) is 11.5 Å². The molecule has 3 aromatic rings. The first-order valence-corrected chi connectivity index (χ1v) is 10.3. The van der Waals surface area contributed by atoms with E-state index in [1.54, 1.807) is 26.4 Å². The molecule has 0 fully saturated rings. The molecule has 1 N–H and O–H groups in total. The quantitative estimate of drug-likeness (QED) is 0.643. The minimum Gasteiger partial charge on any atom is -0.496 e. The van der Waals surface area contributed by atoms with Crippen LogP contribution in [0.15, 0.2) is 65.7 Å². The van der Waals surface area contributed by atoms with E-state index >= 15 is 0 Å². The highest BCUT2D eigenvalue weighted by atomic mass is 16.5. The number of amides is 1. The van der Waals surface area contributed by atoms with Gasteiger partial charge in [0.15, 0.2) is 0 Å². The predicted molar refractivity (Wildman–Crippen MR) is 124 cm³/mol. The van der Waals surface area contributed by atoms with Crippen molar-refractivity contribution in [2.45, 2.75) is 12.8 Å². The number of methoxy groups -OCH3 is 2. The Hall–Kier alpha value is -4.11. The molecule has 6 nitrogen and oxygen atoms in total. The smallest absolute Gasteiger partial charge is 0.246 e. The number of hydrogen-bond acceptors (Lipinski definition) is 5. The van der Waals surface area contributed by atoms with Crippen molar-refractivity contribution < 1.29 is 14.3 Å². The van der Waals surface area contributed by atoms with E-state index in [0.717, 1.165) is 17.5 Å². The van der Waals surface area contributed by atoms with Gasteiger partial charge in [0.2, 0.25) is 5.91 Å². The number of carbonyl (C=O) groups excluding carboxylic acids is 1. The number of rotatable bonds is 6.